The molecule has 0 saturated carbocycles. The third kappa shape index (κ3) is 3.57. The number of amides is 1. The monoisotopic (exact) mass is 258 g/mol. The van der Waals surface area contributed by atoms with Crippen LogP contribution in [0.1, 0.15) is 18.9 Å². The molecule has 1 fully saturated rings. The number of rotatable bonds is 2. The molecule has 0 radical (unpaired) electrons. The SMILES string of the molecule is CC1CCOC1C(=O)Nc1ccc(C#CCN)cc1. The summed E-state index contributed by atoms with van der Waals surface area (Å²) in [6.45, 7) is 3.03. The molecule has 100 valence electrons. The van der Waals surface area contributed by atoms with E-state index in [1.54, 1.807) is 0 Å². The van der Waals surface area contributed by atoms with Crippen LogP contribution in [0.2, 0.25) is 0 Å². The van der Waals surface area contributed by atoms with Crippen LogP contribution in [0, 0.1) is 17.8 Å². The van der Waals surface area contributed by atoms with E-state index in [2.05, 4.69) is 17.2 Å². The first kappa shape index (κ1) is 13.6. The van der Waals surface area contributed by atoms with Gasteiger partial charge in [-0.15, -0.1) is 0 Å². The summed E-state index contributed by atoms with van der Waals surface area (Å²) >= 11 is 0. The smallest absolute Gasteiger partial charge is 0.253 e. The lowest BCUT2D eigenvalue weighted by molar-refractivity contribution is -0.126. The summed E-state index contributed by atoms with van der Waals surface area (Å²) in [4.78, 5) is 12.0. The van der Waals surface area contributed by atoms with Crippen molar-refractivity contribution in [3.63, 3.8) is 0 Å². The lowest BCUT2D eigenvalue weighted by atomic mass is 10.0. The van der Waals surface area contributed by atoms with Gasteiger partial charge in [-0.1, -0.05) is 18.8 Å². The summed E-state index contributed by atoms with van der Waals surface area (Å²) in [7, 11) is 0. The van der Waals surface area contributed by atoms with Crippen LogP contribution in [-0.2, 0) is 9.53 Å². The number of benzene rings is 1. The highest BCUT2D eigenvalue weighted by atomic mass is 16.5. The second kappa shape index (κ2) is 6.37. The fourth-order valence-electron chi connectivity index (χ4n) is 2.03. The molecule has 1 aliphatic heterocycles. The van der Waals surface area contributed by atoms with Crippen molar-refractivity contribution in [2.24, 2.45) is 11.7 Å². The van der Waals surface area contributed by atoms with Crippen molar-refractivity contribution in [1.82, 2.24) is 0 Å². The highest BCUT2D eigenvalue weighted by molar-refractivity contribution is 5.94. The standard InChI is InChI=1S/C15H18N2O2/c1-11-8-10-19-14(11)15(18)17-13-6-4-12(5-7-13)3-2-9-16/h4-7,11,14H,8-10,16H2,1H3,(H,17,18). The Morgan fingerprint density at radius 3 is 2.79 bits per heavy atom. The summed E-state index contributed by atoms with van der Waals surface area (Å²) in [5.74, 6) is 5.92. The van der Waals surface area contributed by atoms with Gasteiger partial charge in [-0.05, 0) is 36.6 Å². The van der Waals surface area contributed by atoms with E-state index in [1.165, 1.54) is 0 Å². The first-order chi connectivity index (χ1) is 9.20. The van der Waals surface area contributed by atoms with Crippen molar-refractivity contribution in [2.75, 3.05) is 18.5 Å². The van der Waals surface area contributed by atoms with E-state index in [9.17, 15) is 4.79 Å². The van der Waals surface area contributed by atoms with Crippen molar-refractivity contribution >= 4 is 11.6 Å². The Hall–Kier alpha value is -1.83. The first-order valence-corrected chi connectivity index (χ1v) is 6.42. The van der Waals surface area contributed by atoms with Gasteiger partial charge in [0, 0.05) is 17.9 Å². The molecule has 19 heavy (non-hydrogen) atoms. The zero-order valence-corrected chi connectivity index (χ0v) is 11.0. The normalized spacial score (nSPS) is 21.6. The van der Waals surface area contributed by atoms with Crippen LogP contribution in [0.15, 0.2) is 24.3 Å². The van der Waals surface area contributed by atoms with Gasteiger partial charge in [0.25, 0.3) is 5.91 Å². The van der Waals surface area contributed by atoms with E-state index in [-0.39, 0.29) is 17.9 Å². The minimum absolute atomic E-state index is 0.0780. The highest BCUT2D eigenvalue weighted by Crippen LogP contribution is 2.21. The lowest BCUT2D eigenvalue weighted by Gasteiger charge is -2.14. The second-order valence-electron chi connectivity index (χ2n) is 4.63. The molecular formula is C15H18N2O2. The minimum Gasteiger partial charge on any atom is -0.368 e. The first-order valence-electron chi connectivity index (χ1n) is 6.42. The van der Waals surface area contributed by atoms with E-state index in [0.717, 1.165) is 17.7 Å². The summed E-state index contributed by atoms with van der Waals surface area (Å²) in [5, 5.41) is 2.86. The van der Waals surface area contributed by atoms with Crippen molar-refractivity contribution in [1.29, 1.82) is 0 Å². The van der Waals surface area contributed by atoms with Crippen LogP contribution < -0.4 is 11.1 Å². The molecule has 1 aliphatic rings. The predicted octanol–water partition coefficient (Wildman–Crippen LogP) is 1.36. The number of nitrogens with one attached hydrogen (secondary N) is 1. The minimum atomic E-state index is -0.336. The number of ether oxygens (including phenoxy) is 1. The highest BCUT2D eigenvalue weighted by Gasteiger charge is 2.30. The molecule has 0 aliphatic carbocycles. The Labute approximate surface area is 113 Å². The summed E-state index contributed by atoms with van der Waals surface area (Å²) in [6, 6.07) is 7.38. The Bertz CT molecular complexity index is 499. The molecule has 4 nitrogen and oxygen atoms in total. The second-order valence-corrected chi connectivity index (χ2v) is 4.63. The third-order valence-corrected chi connectivity index (χ3v) is 3.13. The number of anilines is 1. The van der Waals surface area contributed by atoms with Crippen molar-refractivity contribution in [3.05, 3.63) is 29.8 Å². The molecule has 4 heteroatoms. The van der Waals surface area contributed by atoms with E-state index in [0.29, 0.717) is 13.2 Å². The van der Waals surface area contributed by atoms with Gasteiger partial charge in [-0.3, -0.25) is 4.79 Å². The quantitative estimate of drug-likeness (QED) is 0.787. The topological polar surface area (TPSA) is 64.3 Å². The van der Waals surface area contributed by atoms with Gasteiger partial charge in [0.2, 0.25) is 0 Å². The maximum Gasteiger partial charge on any atom is 0.253 e. The van der Waals surface area contributed by atoms with Gasteiger partial charge >= 0.3 is 0 Å². The van der Waals surface area contributed by atoms with Crippen LogP contribution in [0.5, 0.6) is 0 Å². The van der Waals surface area contributed by atoms with Gasteiger partial charge < -0.3 is 15.8 Å². The van der Waals surface area contributed by atoms with Crippen molar-refractivity contribution < 1.29 is 9.53 Å². The summed E-state index contributed by atoms with van der Waals surface area (Å²) in [6.07, 6.45) is 0.600. The number of hydrogen-bond donors (Lipinski definition) is 2. The zero-order chi connectivity index (χ0) is 13.7. The molecule has 1 amide bonds. The summed E-state index contributed by atoms with van der Waals surface area (Å²) < 4.78 is 5.43. The molecule has 1 aromatic carbocycles. The van der Waals surface area contributed by atoms with Crippen LogP contribution >= 0.6 is 0 Å². The molecule has 1 aromatic rings. The maximum atomic E-state index is 12.0. The van der Waals surface area contributed by atoms with Gasteiger partial charge in [0.15, 0.2) is 0 Å². The Balaban J connectivity index is 1.97. The zero-order valence-electron chi connectivity index (χ0n) is 11.0. The molecule has 2 unspecified atom stereocenters. The Kier molecular flexibility index (Phi) is 4.56. The third-order valence-electron chi connectivity index (χ3n) is 3.13. The fraction of sp³-hybridized carbons (Fsp3) is 0.400. The number of hydrogen-bond acceptors (Lipinski definition) is 3. The summed E-state index contributed by atoms with van der Waals surface area (Å²) in [5.41, 5.74) is 6.95. The van der Waals surface area contributed by atoms with E-state index in [1.807, 2.05) is 31.2 Å². The number of nitrogens with two attached hydrogens (primary N) is 1. The van der Waals surface area contributed by atoms with Gasteiger partial charge in [-0.2, -0.15) is 0 Å². The van der Waals surface area contributed by atoms with Crippen LogP contribution in [0.3, 0.4) is 0 Å². The predicted molar refractivity (Wildman–Crippen MR) is 74.5 cm³/mol. The molecule has 0 aromatic heterocycles. The van der Waals surface area contributed by atoms with Crippen molar-refractivity contribution in [2.45, 2.75) is 19.4 Å². The van der Waals surface area contributed by atoms with E-state index in [4.69, 9.17) is 10.5 Å². The molecule has 2 atom stereocenters. The van der Waals surface area contributed by atoms with Gasteiger partial charge in [0.05, 0.1) is 6.54 Å². The molecular weight excluding hydrogens is 240 g/mol. The number of carbonyl (C=O) groups is 1. The average Bonchev–Trinajstić information content (AvgIpc) is 2.84. The van der Waals surface area contributed by atoms with Crippen LogP contribution in [0.25, 0.3) is 0 Å². The molecule has 1 heterocycles. The van der Waals surface area contributed by atoms with Crippen LogP contribution in [-0.4, -0.2) is 25.2 Å². The van der Waals surface area contributed by atoms with Crippen molar-refractivity contribution in [3.8, 4) is 11.8 Å². The lowest BCUT2D eigenvalue weighted by Crippen LogP contribution is -2.31. The van der Waals surface area contributed by atoms with Gasteiger partial charge in [0.1, 0.15) is 6.10 Å². The van der Waals surface area contributed by atoms with E-state index >= 15 is 0 Å². The Morgan fingerprint density at radius 1 is 1.47 bits per heavy atom. The molecule has 2 rings (SSSR count). The molecule has 0 bridgehead atoms. The van der Waals surface area contributed by atoms with Crippen LogP contribution in [0.4, 0.5) is 5.69 Å². The van der Waals surface area contributed by atoms with Gasteiger partial charge in [-0.25, -0.2) is 0 Å². The Morgan fingerprint density at radius 2 is 2.21 bits per heavy atom. The van der Waals surface area contributed by atoms with E-state index < -0.39 is 0 Å². The largest absolute Gasteiger partial charge is 0.368 e. The maximum absolute atomic E-state index is 12.0. The fourth-order valence-corrected chi connectivity index (χ4v) is 2.03. The number of carbonyl (C=O) groups excluding carboxylic acids is 1. The molecule has 1 saturated heterocycles. The molecule has 0 spiro atoms. The molecule has 3 N–H and O–H groups in total. The average molecular weight is 258 g/mol.